The van der Waals surface area contributed by atoms with E-state index in [1.54, 1.807) is 0 Å². The second-order valence-electron chi connectivity index (χ2n) is 5.56. The van der Waals surface area contributed by atoms with Crippen LogP contribution in [-0.4, -0.2) is 49.3 Å². The SMILES string of the molecule is NC1CCC(O)(CNC2CCCS(=O)(=O)C2)C1. The Morgan fingerprint density at radius 2 is 2.18 bits per heavy atom. The van der Waals surface area contributed by atoms with Gasteiger partial charge in [-0.2, -0.15) is 0 Å². The zero-order valence-corrected chi connectivity index (χ0v) is 10.9. The van der Waals surface area contributed by atoms with Crippen LogP contribution < -0.4 is 11.1 Å². The van der Waals surface area contributed by atoms with Crippen molar-refractivity contribution in [2.45, 2.75) is 49.8 Å². The van der Waals surface area contributed by atoms with Crippen molar-refractivity contribution in [2.24, 2.45) is 5.73 Å². The van der Waals surface area contributed by atoms with Crippen molar-refractivity contribution in [3.8, 4) is 0 Å². The smallest absolute Gasteiger partial charge is 0.151 e. The molecule has 3 unspecified atom stereocenters. The van der Waals surface area contributed by atoms with Gasteiger partial charge in [0.25, 0.3) is 0 Å². The van der Waals surface area contributed by atoms with Gasteiger partial charge in [-0.25, -0.2) is 8.42 Å². The maximum atomic E-state index is 11.5. The maximum Gasteiger partial charge on any atom is 0.151 e. The van der Waals surface area contributed by atoms with Crippen molar-refractivity contribution in [1.82, 2.24) is 5.32 Å². The Bertz CT molecular complexity index is 371. The van der Waals surface area contributed by atoms with Gasteiger partial charge in [-0.1, -0.05) is 0 Å². The first-order valence-corrected chi connectivity index (χ1v) is 8.12. The fourth-order valence-corrected chi connectivity index (χ4v) is 4.50. The van der Waals surface area contributed by atoms with Crippen LogP contribution in [0.25, 0.3) is 0 Å². The van der Waals surface area contributed by atoms with E-state index in [1.165, 1.54) is 0 Å². The van der Waals surface area contributed by atoms with Gasteiger partial charge >= 0.3 is 0 Å². The molecule has 1 saturated heterocycles. The summed E-state index contributed by atoms with van der Waals surface area (Å²) >= 11 is 0. The molecular formula is C11H22N2O3S. The molecule has 6 heteroatoms. The fourth-order valence-electron chi connectivity index (χ4n) is 2.82. The molecule has 0 spiro atoms. The van der Waals surface area contributed by atoms with Crippen LogP contribution in [0.4, 0.5) is 0 Å². The Morgan fingerprint density at radius 1 is 1.41 bits per heavy atom. The van der Waals surface area contributed by atoms with E-state index in [0.29, 0.717) is 25.1 Å². The average Bonchev–Trinajstić information content (AvgIpc) is 2.55. The molecule has 1 aliphatic carbocycles. The molecule has 5 nitrogen and oxygen atoms in total. The summed E-state index contributed by atoms with van der Waals surface area (Å²) in [5, 5.41) is 13.4. The molecule has 17 heavy (non-hydrogen) atoms. The molecule has 2 fully saturated rings. The van der Waals surface area contributed by atoms with E-state index in [-0.39, 0.29) is 17.8 Å². The molecular weight excluding hydrogens is 240 g/mol. The quantitative estimate of drug-likeness (QED) is 0.631. The lowest BCUT2D eigenvalue weighted by Crippen LogP contribution is -2.47. The molecule has 0 aromatic rings. The normalized spacial score (nSPS) is 41.5. The lowest BCUT2D eigenvalue weighted by Gasteiger charge is -2.28. The van der Waals surface area contributed by atoms with Crippen molar-refractivity contribution < 1.29 is 13.5 Å². The largest absolute Gasteiger partial charge is 0.389 e. The highest BCUT2D eigenvalue weighted by Gasteiger charge is 2.36. The Hall–Kier alpha value is -0.170. The summed E-state index contributed by atoms with van der Waals surface area (Å²) < 4.78 is 22.9. The standard InChI is InChI=1S/C11H22N2O3S/c12-9-3-4-11(14,6-9)8-13-10-2-1-5-17(15,16)7-10/h9-10,13-14H,1-8,12H2. The minimum atomic E-state index is -2.88. The van der Waals surface area contributed by atoms with Crippen LogP contribution in [0, 0.1) is 0 Å². The van der Waals surface area contributed by atoms with E-state index in [0.717, 1.165) is 19.3 Å². The van der Waals surface area contributed by atoms with Gasteiger partial charge in [-0.05, 0) is 32.1 Å². The molecule has 0 radical (unpaired) electrons. The number of nitrogens with one attached hydrogen (secondary N) is 1. The van der Waals surface area contributed by atoms with Gasteiger partial charge in [0, 0.05) is 18.6 Å². The van der Waals surface area contributed by atoms with Gasteiger partial charge in [-0.3, -0.25) is 0 Å². The highest BCUT2D eigenvalue weighted by molar-refractivity contribution is 7.91. The Balaban J connectivity index is 1.82. The van der Waals surface area contributed by atoms with Crippen LogP contribution in [0.15, 0.2) is 0 Å². The summed E-state index contributed by atoms with van der Waals surface area (Å²) in [5.41, 5.74) is 5.04. The molecule has 0 amide bonds. The molecule has 0 aromatic heterocycles. The number of nitrogens with two attached hydrogens (primary N) is 1. The van der Waals surface area contributed by atoms with Crippen molar-refractivity contribution in [1.29, 1.82) is 0 Å². The zero-order valence-electron chi connectivity index (χ0n) is 10.1. The summed E-state index contributed by atoms with van der Waals surface area (Å²) in [5.74, 6) is 0.509. The number of hydrogen-bond acceptors (Lipinski definition) is 5. The lowest BCUT2D eigenvalue weighted by atomic mass is 10.0. The number of sulfone groups is 1. The van der Waals surface area contributed by atoms with Crippen LogP contribution in [0.3, 0.4) is 0 Å². The monoisotopic (exact) mass is 262 g/mol. The third-order valence-corrected chi connectivity index (χ3v) is 5.63. The van der Waals surface area contributed by atoms with Crippen molar-refractivity contribution >= 4 is 9.84 Å². The van der Waals surface area contributed by atoms with E-state index in [1.807, 2.05) is 0 Å². The van der Waals surface area contributed by atoms with E-state index in [4.69, 9.17) is 5.73 Å². The molecule has 3 atom stereocenters. The molecule has 1 saturated carbocycles. The van der Waals surface area contributed by atoms with Crippen LogP contribution in [0.2, 0.25) is 0 Å². The maximum absolute atomic E-state index is 11.5. The first-order valence-electron chi connectivity index (χ1n) is 6.30. The van der Waals surface area contributed by atoms with E-state index < -0.39 is 15.4 Å². The summed E-state index contributed by atoms with van der Waals surface area (Å²) in [6.07, 6.45) is 3.76. The molecule has 1 heterocycles. The van der Waals surface area contributed by atoms with Crippen molar-refractivity contribution in [2.75, 3.05) is 18.1 Å². The predicted molar refractivity (Wildman–Crippen MR) is 66.5 cm³/mol. The molecule has 0 aromatic carbocycles. The Kier molecular flexibility index (Phi) is 3.77. The van der Waals surface area contributed by atoms with Gasteiger partial charge in [0.1, 0.15) is 0 Å². The molecule has 1 aliphatic heterocycles. The summed E-state index contributed by atoms with van der Waals surface area (Å²) in [6, 6.07) is 0.0755. The van der Waals surface area contributed by atoms with Crippen LogP contribution in [-0.2, 0) is 9.84 Å². The van der Waals surface area contributed by atoms with Crippen molar-refractivity contribution in [3.05, 3.63) is 0 Å². The topological polar surface area (TPSA) is 92.4 Å². The second-order valence-corrected chi connectivity index (χ2v) is 7.79. The number of rotatable bonds is 3. The van der Waals surface area contributed by atoms with Crippen LogP contribution in [0.5, 0.6) is 0 Å². The van der Waals surface area contributed by atoms with Gasteiger partial charge in [-0.15, -0.1) is 0 Å². The van der Waals surface area contributed by atoms with Crippen LogP contribution in [0.1, 0.15) is 32.1 Å². The van der Waals surface area contributed by atoms with E-state index in [9.17, 15) is 13.5 Å². The fraction of sp³-hybridized carbons (Fsp3) is 1.00. The summed E-state index contributed by atoms with van der Waals surface area (Å²) in [4.78, 5) is 0. The third kappa shape index (κ3) is 3.64. The van der Waals surface area contributed by atoms with Gasteiger partial charge < -0.3 is 16.2 Å². The highest BCUT2D eigenvalue weighted by atomic mass is 32.2. The van der Waals surface area contributed by atoms with E-state index >= 15 is 0 Å². The summed E-state index contributed by atoms with van der Waals surface area (Å²) in [7, 11) is -2.88. The van der Waals surface area contributed by atoms with Gasteiger partial charge in [0.05, 0.1) is 17.1 Å². The minimum absolute atomic E-state index is 0.00500. The van der Waals surface area contributed by atoms with Gasteiger partial charge in [0.15, 0.2) is 9.84 Å². The summed E-state index contributed by atoms with van der Waals surface area (Å²) in [6.45, 7) is 0.459. The number of hydrogen-bond donors (Lipinski definition) is 3. The average molecular weight is 262 g/mol. The Labute approximate surface area is 103 Å². The van der Waals surface area contributed by atoms with Crippen molar-refractivity contribution in [3.63, 3.8) is 0 Å². The number of aliphatic hydroxyl groups is 1. The molecule has 0 bridgehead atoms. The molecule has 100 valence electrons. The van der Waals surface area contributed by atoms with Gasteiger partial charge in [0.2, 0.25) is 0 Å². The molecule has 4 N–H and O–H groups in total. The second kappa shape index (κ2) is 4.84. The zero-order chi connectivity index (χ0) is 12.5. The first-order chi connectivity index (χ1) is 7.89. The first kappa shape index (κ1) is 13.3. The van der Waals surface area contributed by atoms with E-state index in [2.05, 4.69) is 5.32 Å². The predicted octanol–water partition coefficient (Wildman–Crippen LogP) is -0.604. The van der Waals surface area contributed by atoms with Crippen LogP contribution >= 0.6 is 0 Å². The molecule has 2 aliphatic rings. The molecule has 2 rings (SSSR count). The third-order valence-electron chi connectivity index (χ3n) is 3.81. The Morgan fingerprint density at radius 3 is 2.76 bits per heavy atom. The highest BCUT2D eigenvalue weighted by Crippen LogP contribution is 2.28. The lowest BCUT2D eigenvalue weighted by molar-refractivity contribution is 0.0438. The minimum Gasteiger partial charge on any atom is -0.389 e.